The second-order valence-corrected chi connectivity index (χ2v) is 10.5. The average molecular weight is 413 g/mol. The minimum absolute atomic E-state index is 0.0510. The van der Waals surface area contributed by atoms with Gasteiger partial charge in [0, 0.05) is 16.4 Å². The number of nitriles is 4. The van der Waals surface area contributed by atoms with Crippen LogP contribution in [0.15, 0.2) is 60.7 Å². The Morgan fingerprint density at radius 2 is 1.31 bits per heavy atom. The standard InChI is InChI=1S/C23H16N4S2/c1-16-20-19(17-8-4-2-5-9-17)21(12-24,13-25)22(14-26,15-27)23(28-16,29-20)18-10-6-3-7-11-18/h2-11,16,19-20H,1H3/t16-,19-,20-,23+/m1/s1. The van der Waals surface area contributed by atoms with Crippen molar-refractivity contribution in [1.29, 1.82) is 21.0 Å². The molecule has 0 N–H and O–H groups in total. The summed E-state index contributed by atoms with van der Waals surface area (Å²) in [6.07, 6.45) is 0. The monoisotopic (exact) mass is 412 g/mol. The molecule has 0 saturated carbocycles. The lowest BCUT2D eigenvalue weighted by Gasteiger charge is -2.51. The maximum absolute atomic E-state index is 10.4. The van der Waals surface area contributed by atoms with Crippen LogP contribution in [0.4, 0.5) is 0 Å². The molecule has 2 aliphatic heterocycles. The van der Waals surface area contributed by atoms with E-state index in [4.69, 9.17) is 0 Å². The molecule has 2 bridgehead atoms. The Labute approximate surface area is 178 Å². The first-order valence-electron chi connectivity index (χ1n) is 9.17. The Morgan fingerprint density at radius 1 is 0.759 bits per heavy atom. The van der Waals surface area contributed by atoms with Crippen LogP contribution in [0.2, 0.25) is 0 Å². The number of fused-ring (bicyclic) bond motifs is 2. The van der Waals surface area contributed by atoms with Crippen LogP contribution in [0.3, 0.4) is 0 Å². The molecule has 0 amide bonds. The molecule has 2 aromatic rings. The molecule has 29 heavy (non-hydrogen) atoms. The highest BCUT2D eigenvalue weighted by molar-refractivity contribution is 8.21. The summed E-state index contributed by atoms with van der Waals surface area (Å²) in [5, 5.41) is 41.6. The highest BCUT2D eigenvalue weighted by Gasteiger charge is 2.78. The molecular formula is C23H16N4S2. The van der Waals surface area contributed by atoms with Crippen molar-refractivity contribution in [1.82, 2.24) is 0 Å². The minimum Gasteiger partial charge on any atom is -0.196 e. The molecule has 2 aliphatic rings. The molecule has 4 rings (SSSR count). The van der Waals surface area contributed by atoms with Crippen molar-refractivity contribution in [2.75, 3.05) is 0 Å². The predicted molar refractivity (Wildman–Crippen MR) is 113 cm³/mol. The quantitative estimate of drug-likeness (QED) is 0.693. The van der Waals surface area contributed by atoms with Gasteiger partial charge in [-0.25, -0.2) is 0 Å². The summed E-state index contributed by atoms with van der Waals surface area (Å²) < 4.78 is -1.02. The van der Waals surface area contributed by atoms with Gasteiger partial charge in [0.05, 0.1) is 24.3 Å². The maximum atomic E-state index is 10.4. The number of hydrogen-bond donors (Lipinski definition) is 0. The number of rotatable bonds is 2. The Bertz CT molecular complexity index is 1080. The topological polar surface area (TPSA) is 95.2 Å². The molecule has 0 aromatic heterocycles. The highest BCUT2D eigenvalue weighted by Crippen LogP contribution is 2.78. The molecule has 2 heterocycles. The third kappa shape index (κ3) is 2.25. The molecule has 2 aromatic carbocycles. The van der Waals surface area contributed by atoms with Gasteiger partial charge in [-0.15, -0.1) is 23.5 Å². The van der Waals surface area contributed by atoms with Gasteiger partial charge in [-0.2, -0.15) is 21.0 Å². The van der Waals surface area contributed by atoms with E-state index in [-0.39, 0.29) is 10.5 Å². The fourth-order valence-corrected chi connectivity index (χ4v) is 9.32. The summed E-state index contributed by atoms with van der Waals surface area (Å²) in [5.74, 6) is -0.551. The number of hydrogen-bond acceptors (Lipinski definition) is 6. The highest BCUT2D eigenvalue weighted by atomic mass is 32.2. The SMILES string of the molecule is C[C@H]1S[C@@]2(c3ccccc3)S[C@H]1[C@@H](c1ccccc1)C(C#N)(C#N)C2(C#N)C#N. The van der Waals surface area contributed by atoms with Gasteiger partial charge in [-0.1, -0.05) is 67.6 Å². The first-order valence-corrected chi connectivity index (χ1v) is 10.9. The van der Waals surface area contributed by atoms with E-state index in [0.29, 0.717) is 0 Å². The van der Waals surface area contributed by atoms with Crippen molar-refractivity contribution in [3.63, 3.8) is 0 Å². The third-order valence-electron chi connectivity index (χ3n) is 6.00. The lowest BCUT2D eigenvalue weighted by Crippen LogP contribution is -2.57. The molecule has 0 radical (unpaired) electrons. The van der Waals surface area contributed by atoms with E-state index >= 15 is 0 Å². The zero-order valence-corrected chi connectivity index (χ0v) is 17.2. The minimum atomic E-state index is -1.85. The Kier molecular flexibility index (Phi) is 4.59. The zero-order valence-electron chi connectivity index (χ0n) is 15.6. The fraction of sp³-hybridized carbons (Fsp3) is 0.304. The van der Waals surface area contributed by atoms with E-state index in [1.54, 1.807) is 11.8 Å². The second kappa shape index (κ2) is 6.86. The summed E-state index contributed by atoms with van der Waals surface area (Å²) in [5.41, 5.74) is -2.03. The van der Waals surface area contributed by atoms with Crippen LogP contribution in [-0.4, -0.2) is 10.5 Å². The third-order valence-corrected chi connectivity index (χ3v) is 10.1. The number of thioether (sulfide) groups is 2. The van der Waals surface area contributed by atoms with Crippen molar-refractivity contribution >= 4 is 23.5 Å². The molecule has 2 fully saturated rings. The summed E-state index contributed by atoms with van der Waals surface area (Å²) in [7, 11) is 0. The van der Waals surface area contributed by atoms with E-state index < -0.39 is 20.8 Å². The Balaban J connectivity index is 2.10. The molecule has 4 nitrogen and oxygen atoms in total. The van der Waals surface area contributed by atoms with E-state index in [1.165, 1.54) is 11.8 Å². The average Bonchev–Trinajstić information content (AvgIpc) is 3.10. The number of benzene rings is 2. The molecular weight excluding hydrogens is 396 g/mol. The first kappa shape index (κ1) is 19.4. The predicted octanol–water partition coefficient (Wildman–Crippen LogP) is 4.94. The van der Waals surface area contributed by atoms with Crippen molar-refractivity contribution < 1.29 is 0 Å². The largest absolute Gasteiger partial charge is 0.203 e. The van der Waals surface area contributed by atoms with Crippen molar-refractivity contribution in [3.8, 4) is 24.3 Å². The first-order chi connectivity index (χ1) is 14.1. The van der Waals surface area contributed by atoms with Gasteiger partial charge >= 0.3 is 0 Å². The van der Waals surface area contributed by atoms with E-state index in [1.807, 2.05) is 60.7 Å². The van der Waals surface area contributed by atoms with Gasteiger partial charge in [0.2, 0.25) is 5.41 Å². The molecule has 0 aliphatic carbocycles. The Morgan fingerprint density at radius 3 is 1.83 bits per heavy atom. The van der Waals surface area contributed by atoms with Gasteiger partial charge in [0.25, 0.3) is 0 Å². The van der Waals surface area contributed by atoms with Crippen LogP contribution in [0.25, 0.3) is 0 Å². The van der Waals surface area contributed by atoms with Crippen LogP contribution < -0.4 is 0 Å². The van der Waals surface area contributed by atoms with Crippen LogP contribution in [0.1, 0.15) is 24.0 Å². The smallest absolute Gasteiger partial charge is 0.196 e. The van der Waals surface area contributed by atoms with Crippen LogP contribution in [0.5, 0.6) is 0 Å². The summed E-state index contributed by atoms with van der Waals surface area (Å²) in [4.78, 5) is 0. The van der Waals surface area contributed by atoms with Gasteiger partial charge in [-0.05, 0) is 11.1 Å². The van der Waals surface area contributed by atoms with Crippen molar-refractivity contribution in [2.45, 2.75) is 27.4 Å². The second-order valence-electron chi connectivity index (χ2n) is 7.28. The van der Waals surface area contributed by atoms with Gasteiger partial charge in [0.1, 0.15) is 4.08 Å². The number of nitrogens with zero attached hydrogens (tertiary/aromatic N) is 4. The lowest BCUT2D eigenvalue weighted by atomic mass is 9.54. The molecule has 4 atom stereocenters. The zero-order chi connectivity index (χ0) is 20.7. The van der Waals surface area contributed by atoms with Gasteiger partial charge in [0.15, 0.2) is 5.41 Å². The summed E-state index contributed by atoms with van der Waals surface area (Å²) >= 11 is 3.11. The van der Waals surface area contributed by atoms with Gasteiger partial charge < -0.3 is 0 Å². The molecule has 2 saturated heterocycles. The maximum Gasteiger partial charge on any atom is 0.203 e. The van der Waals surface area contributed by atoms with Crippen molar-refractivity contribution in [3.05, 3.63) is 71.8 Å². The normalized spacial score (nSPS) is 30.9. The summed E-state index contributed by atoms with van der Waals surface area (Å²) in [6.45, 7) is 2.06. The van der Waals surface area contributed by atoms with E-state index in [2.05, 4.69) is 31.2 Å². The molecule has 6 heteroatoms. The van der Waals surface area contributed by atoms with Crippen molar-refractivity contribution in [2.24, 2.45) is 10.8 Å². The van der Waals surface area contributed by atoms with Crippen LogP contribution in [-0.2, 0) is 4.08 Å². The van der Waals surface area contributed by atoms with Gasteiger partial charge in [-0.3, -0.25) is 0 Å². The Hall–Kier alpha value is -2.90. The van der Waals surface area contributed by atoms with Crippen LogP contribution >= 0.6 is 23.5 Å². The molecule has 140 valence electrons. The molecule has 0 unspecified atom stereocenters. The summed E-state index contributed by atoms with van der Waals surface area (Å²) in [6, 6.07) is 27.6. The van der Waals surface area contributed by atoms with E-state index in [9.17, 15) is 21.0 Å². The fourth-order valence-electron chi connectivity index (χ4n) is 4.69. The van der Waals surface area contributed by atoms with Crippen LogP contribution in [0, 0.1) is 56.2 Å². The van der Waals surface area contributed by atoms with E-state index in [0.717, 1.165) is 11.1 Å². The lowest BCUT2D eigenvalue weighted by molar-refractivity contribution is 0.214. The molecule has 0 spiro atoms.